The van der Waals surface area contributed by atoms with Gasteiger partial charge in [0, 0.05) is 10.5 Å². The monoisotopic (exact) mass is 251 g/mol. The zero-order valence-electron chi connectivity index (χ0n) is 8.09. The summed E-state index contributed by atoms with van der Waals surface area (Å²) in [5.74, 6) is 0. The fraction of sp³-hybridized carbons (Fsp3) is 0.333. The van der Waals surface area contributed by atoms with Crippen LogP contribution in [-0.4, -0.2) is 6.54 Å². The first-order valence-corrected chi connectivity index (χ1v) is 5.74. The van der Waals surface area contributed by atoms with E-state index in [9.17, 15) is 0 Å². The molecular formula is C12H14BrN. The molecule has 0 fully saturated rings. The summed E-state index contributed by atoms with van der Waals surface area (Å²) in [7, 11) is 0. The van der Waals surface area contributed by atoms with Crippen molar-refractivity contribution in [3.05, 3.63) is 46.5 Å². The molecule has 14 heavy (non-hydrogen) atoms. The standard InChI is InChI=1S/C12H14BrN/c1-2-4-12-10-5-3-6-11(13)9(10)7-8-14-12/h2-3,5-6,12,14H,1,4,7-8H2/t12-/m0/s1. The Morgan fingerprint density at radius 1 is 1.57 bits per heavy atom. The number of rotatable bonds is 2. The molecule has 1 N–H and O–H groups in total. The number of hydrogen-bond acceptors (Lipinski definition) is 1. The fourth-order valence-electron chi connectivity index (χ4n) is 2.02. The number of halogens is 1. The molecule has 1 aliphatic rings. The lowest BCUT2D eigenvalue weighted by Gasteiger charge is -2.26. The van der Waals surface area contributed by atoms with E-state index in [1.54, 1.807) is 0 Å². The summed E-state index contributed by atoms with van der Waals surface area (Å²) < 4.78 is 1.24. The van der Waals surface area contributed by atoms with Crippen molar-refractivity contribution >= 4 is 15.9 Å². The molecule has 1 aliphatic heterocycles. The van der Waals surface area contributed by atoms with Gasteiger partial charge in [0.15, 0.2) is 0 Å². The molecule has 1 aromatic rings. The van der Waals surface area contributed by atoms with Crippen molar-refractivity contribution in [2.24, 2.45) is 0 Å². The highest BCUT2D eigenvalue weighted by Crippen LogP contribution is 2.30. The van der Waals surface area contributed by atoms with Gasteiger partial charge in [-0.25, -0.2) is 0 Å². The van der Waals surface area contributed by atoms with Crippen LogP contribution >= 0.6 is 15.9 Å². The van der Waals surface area contributed by atoms with Gasteiger partial charge in [-0.3, -0.25) is 0 Å². The third-order valence-corrected chi connectivity index (χ3v) is 3.44. The van der Waals surface area contributed by atoms with E-state index < -0.39 is 0 Å². The van der Waals surface area contributed by atoms with Gasteiger partial charge in [-0.1, -0.05) is 34.1 Å². The van der Waals surface area contributed by atoms with E-state index in [2.05, 4.69) is 46.0 Å². The predicted molar refractivity (Wildman–Crippen MR) is 63.4 cm³/mol. The molecule has 0 spiro atoms. The summed E-state index contributed by atoms with van der Waals surface area (Å²) in [6.45, 7) is 4.86. The van der Waals surface area contributed by atoms with Crippen LogP contribution in [-0.2, 0) is 6.42 Å². The maximum absolute atomic E-state index is 3.80. The van der Waals surface area contributed by atoms with E-state index in [-0.39, 0.29) is 0 Å². The molecule has 74 valence electrons. The molecule has 0 aliphatic carbocycles. The maximum Gasteiger partial charge on any atom is 0.0358 e. The van der Waals surface area contributed by atoms with Crippen molar-refractivity contribution in [1.29, 1.82) is 0 Å². The number of fused-ring (bicyclic) bond motifs is 1. The van der Waals surface area contributed by atoms with E-state index in [0.717, 1.165) is 19.4 Å². The molecular weight excluding hydrogens is 238 g/mol. The van der Waals surface area contributed by atoms with Crippen LogP contribution in [0.5, 0.6) is 0 Å². The molecule has 1 aromatic carbocycles. The molecule has 0 saturated carbocycles. The van der Waals surface area contributed by atoms with Gasteiger partial charge in [-0.2, -0.15) is 0 Å². The quantitative estimate of drug-likeness (QED) is 0.797. The zero-order valence-corrected chi connectivity index (χ0v) is 9.68. The average molecular weight is 252 g/mol. The molecule has 2 rings (SSSR count). The Balaban J connectivity index is 2.39. The van der Waals surface area contributed by atoms with Gasteiger partial charge in [-0.05, 0) is 36.6 Å². The van der Waals surface area contributed by atoms with Gasteiger partial charge in [0.2, 0.25) is 0 Å². The summed E-state index contributed by atoms with van der Waals surface area (Å²) >= 11 is 3.61. The zero-order chi connectivity index (χ0) is 9.97. The van der Waals surface area contributed by atoms with Gasteiger partial charge in [-0.15, -0.1) is 6.58 Å². The highest BCUT2D eigenvalue weighted by atomic mass is 79.9. The van der Waals surface area contributed by atoms with E-state index in [0.29, 0.717) is 6.04 Å². The minimum absolute atomic E-state index is 0.453. The van der Waals surface area contributed by atoms with E-state index in [4.69, 9.17) is 0 Å². The third-order valence-electron chi connectivity index (χ3n) is 2.70. The van der Waals surface area contributed by atoms with Gasteiger partial charge in [0.05, 0.1) is 0 Å². The van der Waals surface area contributed by atoms with Crippen LogP contribution in [0.1, 0.15) is 23.6 Å². The van der Waals surface area contributed by atoms with Crippen LogP contribution < -0.4 is 5.32 Å². The summed E-state index contributed by atoms with van der Waals surface area (Å²) in [6, 6.07) is 6.88. The molecule has 2 heteroatoms. The topological polar surface area (TPSA) is 12.0 Å². The fourth-order valence-corrected chi connectivity index (χ4v) is 2.60. The Kier molecular flexibility index (Phi) is 3.04. The summed E-state index contributed by atoms with van der Waals surface area (Å²) in [5.41, 5.74) is 2.88. The van der Waals surface area contributed by atoms with Crippen molar-refractivity contribution in [2.45, 2.75) is 18.9 Å². The van der Waals surface area contributed by atoms with E-state index in [1.165, 1.54) is 15.6 Å². The molecule has 0 amide bonds. The largest absolute Gasteiger partial charge is 0.309 e. The Morgan fingerprint density at radius 3 is 3.21 bits per heavy atom. The van der Waals surface area contributed by atoms with Gasteiger partial charge in [0.1, 0.15) is 0 Å². The molecule has 0 radical (unpaired) electrons. The second-order valence-electron chi connectivity index (χ2n) is 3.59. The predicted octanol–water partition coefficient (Wildman–Crippen LogP) is 3.21. The summed E-state index contributed by atoms with van der Waals surface area (Å²) in [6.07, 6.45) is 4.10. The molecule has 0 unspecified atom stereocenters. The van der Waals surface area contributed by atoms with Crippen LogP contribution in [0.2, 0.25) is 0 Å². The molecule has 1 atom stereocenters. The number of nitrogens with one attached hydrogen (secondary N) is 1. The lowest BCUT2D eigenvalue weighted by Crippen LogP contribution is -2.29. The summed E-state index contributed by atoms with van der Waals surface area (Å²) in [4.78, 5) is 0. The van der Waals surface area contributed by atoms with Crippen LogP contribution in [0.15, 0.2) is 35.3 Å². The van der Waals surface area contributed by atoms with Crippen LogP contribution in [0.25, 0.3) is 0 Å². The number of benzene rings is 1. The second-order valence-corrected chi connectivity index (χ2v) is 4.44. The Bertz CT molecular complexity index is 346. The first-order valence-electron chi connectivity index (χ1n) is 4.94. The molecule has 1 heterocycles. The van der Waals surface area contributed by atoms with Crippen molar-refractivity contribution in [2.75, 3.05) is 6.54 Å². The Labute approximate surface area is 93.3 Å². The first kappa shape index (κ1) is 9.94. The lowest BCUT2D eigenvalue weighted by molar-refractivity contribution is 0.509. The smallest absolute Gasteiger partial charge is 0.0358 e. The normalized spacial score (nSPS) is 20.2. The summed E-state index contributed by atoms with van der Waals surface area (Å²) in [5, 5.41) is 3.51. The van der Waals surface area contributed by atoms with Crippen LogP contribution in [0.3, 0.4) is 0 Å². The van der Waals surface area contributed by atoms with Crippen LogP contribution in [0, 0.1) is 0 Å². The average Bonchev–Trinajstić information content (AvgIpc) is 2.20. The maximum atomic E-state index is 3.80. The van der Waals surface area contributed by atoms with Crippen molar-refractivity contribution in [1.82, 2.24) is 5.32 Å². The molecule has 0 aromatic heterocycles. The SMILES string of the molecule is C=CC[C@@H]1NCCc2c(Br)cccc21. The minimum atomic E-state index is 0.453. The van der Waals surface area contributed by atoms with Gasteiger partial charge < -0.3 is 5.32 Å². The first-order chi connectivity index (χ1) is 6.83. The van der Waals surface area contributed by atoms with Crippen molar-refractivity contribution in [3.8, 4) is 0 Å². The second kappa shape index (κ2) is 4.28. The molecule has 1 nitrogen and oxygen atoms in total. The highest BCUT2D eigenvalue weighted by molar-refractivity contribution is 9.10. The minimum Gasteiger partial charge on any atom is -0.309 e. The molecule has 0 saturated heterocycles. The van der Waals surface area contributed by atoms with E-state index >= 15 is 0 Å². The van der Waals surface area contributed by atoms with E-state index in [1.807, 2.05) is 6.08 Å². The molecule has 0 bridgehead atoms. The van der Waals surface area contributed by atoms with Crippen LogP contribution in [0.4, 0.5) is 0 Å². The third kappa shape index (κ3) is 1.77. The Morgan fingerprint density at radius 2 is 2.43 bits per heavy atom. The number of hydrogen-bond donors (Lipinski definition) is 1. The van der Waals surface area contributed by atoms with Crippen molar-refractivity contribution in [3.63, 3.8) is 0 Å². The van der Waals surface area contributed by atoms with Gasteiger partial charge >= 0.3 is 0 Å². The lowest BCUT2D eigenvalue weighted by atomic mass is 9.93. The Hall–Kier alpha value is -0.600. The highest BCUT2D eigenvalue weighted by Gasteiger charge is 2.19. The van der Waals surface area contributed by atoms with Gasteiger partial charge in [0.25, 0.3) is 0 Å². The van der Waals surface area contributed by atoms with Crippen molar-refractivity contribution < 1.29 is 0 Å².